The number of H-pyrrole nitrogens is 1. The van der Waals surface area contributed by atoms with E-state index in [1.165, 1.54) is 12.1 Å². The summed E-state index contributed by atoms with van der Waals surface area (Å²) in [6.07, 6.45) is 1.13. The van der Waals surface area contributed by atoms with Gasteiger partial charge in [0.25, 0.3) is 0 Å². The number of aromatic nitrogens is 4. The summed E-state index contributed by atoms with van der Waals surface area (Å²) in [5.74, 6) is 1.25. The summed E-state index contributed by atoms with van der Waals surface area (Å²) in [5, 5.41) is 14.0. The van der Waals surface area contributed by atoms with Crippen molar-refractivity contribution in [2.75, 3.05) is 13.1 Å². The molecule has 1 saturated heterocycles. The molecule has 0 unspecified atom stereocenters. The van der Waals surface area contributed by atoms with E-state index in [9.17, 15) is 8.42 Å². The van der Waals surface area contributed by atoms with Gasteiger partial charge >= 0.3 is 0 Å². The highest BCUT2D eigenvalue weighted by molar-refractivity contribution is 7.89. The first kappa shape index (κ1) is 16.0. The van der Waals surface area contributed by atoms with Gasteiger partial charge in [0.1, 0.15) is 0 Å². The molecule has 0 amide bonds. The van der Waals surface area contributed by atoms with Crippen molar-refractivity contribution < 1.29 is 8.42 Å². The van der Waals surface area contributed by atoms with Crippen LogP contribution in [0.5, 0.6) is 0 Å². The number of nitrogens with zero attached hydrogens (tertiary/aromatic N) is 4. The lowest BCUT2D eigenvalue weighted by atomic mass is 9.92. The number of halogens is 1. The highest BCUT2D eigenvalue weighted by atomic mass is 35.5. The molecule has 0 spiro atoms. The Labute approximate surface area is 145 Å². The van der Waals surface area contributed by atoms with Gasteiger partial charge in [-0.1, -0.05) is 25.4 Å². The maximum Gasteiger partial charge on any atom is 0.243 e. The lowest BCUT2D eigenvalue weighted by Crippen LogP contribution is -2.33. The van der Waals surface area contributed by atoms with Crippen molar-refractivity contribution in [2.45, 2.75) is 25.2 Å². The van der Waals surface area contributed by atoms with E-state index >= 15 is 0 Å². The second-order valence-corrected chi connectivity index (χ2v) is 9.31. The second kappa shape index (κ2) is 5.24. The monoisotopic (exact) mass is 367 g/mol. The zero-order chi connectivity index (χ0) is 17.1. The molecule has 4 rings (SSSR count). The zero-order valence-electron chi connectivity index (χ0n) is 13.4. The van der Waals surface area contributed by atoms with Crippen molar-refractivity contribution in [3.63, 3.8) is 0 Å². The Morgan fingerprint density at radius 3 is 2.83 bits per heavy atom. The molecular weight excluding hydrogens is 350 g/mol. The van der Waals surface area contributed by atoms with E-state index in [0.717, 1.165) is 6.42 Å². The first-order valence-corrected chi connectivity index (χ1v) is 9.70. The molecular formula is C15H18ClN5O2S. The number of benzene rings is 1. The van der Waals surface area contributed by atoms with Gasteiger partial charge in [0.2, 0.25) is 15.8 Å². The van der Waals surface area contributed by atoms with Crippen molar-refractivity contribution in [3.8, 4) is 11.4 Å². The van der Waals surface area contributed by atoms with Crippen LogP contribution in [0, 0.1) is 17.3 Å². The average Bonchev–Trinajstić information content (AvgIpc) is 2.94. The number of aromatic amines is 1. The predicted octanol–water partition coefficient (Wildman–Crippen LogP) is 2.19. The van der Waals surface area contributed by atoms with E-state index in [1.54, 1.807) is 10.4 Å². The van der Waals surface area contributed by atoms with Gasteiger partial charge in [-0.3, -0.25) is 0 Å². The van der Waals surface area contributed by atoms with Gasteiger partial charge in [0.05, 0.1) is 9.92 Å². The van der Waals surface area contributed by atoms with Crippen LogP contribution in [0.25, 0.3) is 11.4 Å². The van der Waals surface area contributed by atoms with Crippen LogP contribution < -0.4 is 0 Å². The van der Waals surface area contributed by atoms with Crippen molar-refractivity contribution in [2.24, 2.45) is 17.3 Å². The summed E-state index contributed by atoms with van der Waals surface area (Å²) < 4.78 is 27.6. The summed E-state index contributed by atoms with van der Waals surface area (Å²) in [6.45, 7) is 5.54. The van der Waals surface area contributed by atoms with Gasteiger partial charge in [-0.2, -0.15) is 9.52 Å². The fourth-order valence-electron chi connectivity index (χ4n) is 3.81. The van der Waals surface area contributed by atoms with Crippen LogP contribution in [0.4, 0.5) is 0 Å². The first-order chi connectivity index (χ1) is 11.3. The van der Waals surface area contributed by atoms with Crippen molar-refractivity contribution in [1.29, 1.82) is 0 Å². The summed E-state index contributed by atoms with van der Waals surface area (Å²) in [4.78, 5) is 0.215. The Kier molecular flexibility index (Phi) is 3.49. The van der Waals surface area contributed by atoms with Crippen LogP contribution in [0.15, 0.2) is 23.1 Å². The number of tetrazole rings is 1. The molecule has 2 aromatic rings. The van der Waals surface area contributed by atoms with Gasteiger partial charge in [-0.25, -0.2) is 8.42 Å². The predicted molar refractivity (Wildman–Crippen MR) is 88.8 cm³/mol. The number of hydrogen-bond acceptors (Lipinski definition) is 5. The number of piperidine rings is 1. The molecule has 1 aromatic carbocycles. The van der Waals surface area contributed by atoms with Crippen LogP contribution >= 0.6 is 11.6 Å². The van der Waals surface area contributed by atoms with E-state index in [2.05, 4.69) is 34.5 Å². The quantitative estimate of drug-likeness (QED) is 0.894. The Morgan fingerprint density at radius 2 is 2.21 bits per heavy atom. The Bertz CT molecular complexity index is 883. The van der Waals surface area contributed by atoms with Crippen LogP contribution in [-0.4, -0.2) is 46.4 Å². The Morgan fingerprint density at radius 1 is 1.42 bits per heavy atom. The number of rotatable bonds is 4. The van der Waals surface area contributed by atoms with Gasteiger partial charge in [0.15, 0.2) is 0 Å². The molecule has 2 heterocycles. The van der Waals surface area contributed by atoms with Crippen molar-refractivity contribution in [3.05, 3.63) is 23.2 Å². The van der Waals surface area contributed by atoms with Crippen LogP contribution in [-0.2, 0) is 10.0 Å². The average molecular weight is 368 g/mol. The van der Waals surface area contributed by atoms with Gasteiger partial charge in [-0.15, -0.1) is 10.2 Å². The SMILES string of the molecule is CC(C)[C@]12C[C@H]1CN(S(=O)(=O)c1ccc(Cl)c(-c3nn[nH]n3)c1)C2. The molecule has 24 heavy (non-hydrogen) atoms. The molecule has 2 atom stereocenters. The third-order valence-corrected chi connectivity index (χ3v) is 7.62. The molecule has 0 bridgehead atoms. The van der Waals surface area contributed by atoms with Gasteiger partial charge in [-0.05, 0) is 47.1 Å². The number of fused-ring (bicyclic) bond motifs is 1. The number of hydrogen-bond donors (Lipinski definition) is 1. The topological polar surface area (TPSA) is 91.8 Å². The van der Waals surface area contributed by atoms with Crippen molar-refractivity contribution >= 4 is 21.6 Å². The lowest BCUT2D eigenvalue weighted by molar-refractivity contribution is 0.324. The fraction of sp³-hybridized carbons (Fsp3) is 0.533. The normalized spacial score (nSPS) is 26.8. The highest BCUT2D eigenvalue weighted by Gasteiger charge is 2.63. The molecule has 1 aliphatic heterocycles. The van der Waals surface area contributed by atoms with E-state index < -0.39 is 10.0 Å². The smallest absolute Gasteiger partial charge is 0.207 e. The molecule has 1 aromatic heterocycles. The van der Waals surface area contributed by atoms with Gasteiger partial charge in [0, 0.05) is 18.7 Å². The van der Waals surface area contributed by atoms with Crippen LogP contribution in [0.1, 0.15) is 20.3 Å². The highest BCUT2D eigenvalue weighted by Crippen LogP contribution is 2.62. The molecule has 128 valence electrons. The molecule has 1 aliphatic carbocycles. The van der Waals surface area contributed by atoms with Crippen LogP contribution in [0.3, 0.4) is 0 Å². The number of nitrogens with one attached hydrogen (secondary N) is 1. The molecule has 9 heteroatoms. The first-order valence-electron chi connectivity index (χ1n) is 7.88. The van der Waals surface area contributed by atoms with Gasteiger partial charge < -0.3 is 0 Å². The molecule has 1 N–H and O–H groups in total. The standard InChI is InChI=1S/C15H18ClN5O2S/c1-9(2)15-6-10(15)7-21(8-15)24(22,23)11-3-4-13(16)12(5-11)14-17-19-20-18-14/h3-5,9-10H,6-8H2,1-2H3,(H,17,18,19,20)/t10-,15+/m0/s1. The minimum absolute atomic E-state index is 0.163. The lowest BCUT2D eigenvalue weighted by Gasteiger charge is -2.23. The second-order valence-electron chi connectivity index (χ2n) is 6.96. The Hall–Kier alpha value is -1.51. The minimum atomic E-state index is -3.55. The summed E-state index contributed by atoms with van der Waals surface area (Å²) in [6, 6.07) is 4.62. The third-order valence-electron chi connectivity index (χ3n) is 5.49. The molecule has 2 aliphatic rings. The van der Waals surface area contributed by atoms with E-state index in [4.69, 9.17) is 11.6 Å². The summed E-state index contributed by atoms with van der Waals surface area (Å²) in [5.41, 5.74) is 0.616. The van der Waals surface area contributed by atoms with E-state index in [1.807, 2.05) is 0 Å². The summed E-state index contributed by atoms with van der Waals surface area (Å²) >= 11 is 6.16. The van der Waals surface area contributed by atoms with Crippen molar-refractivity contribution in [1.82, 2.24) is 24.9 Å². The zero-order valence-corrected chi connectivity index (χ0v) is 15.0. The maximum atomic E-state index is 13.0. The minimum Gasteiger partial charge on any atom is -0.207 e. The molecule has 0 radical (unpaired) electrons. The number of sulfonamides is 1. The van der Waals surface area contributed by atoms with E-state index in [0.29, 0.717) is 35.5 Å². The molecule has 1 saturated carbocycles. The van der Waals surface area contributed by atoms with E-state index in [-0.39, 0.29) is 16.1 Å². The fourth-order valence-corrected chi connectivity index (χ4v) is 5.61. The maximum absolute atomic E-state index is 13.0. The molecule has 7 nitrogen and oxygen atoms in total. The third kappa shape index (κ3) is 2.28. The summed E-state index contributed by atoms with van der Waals surface area (Å²) in [7, 11) is -3.55. The molecule has 2 fully saturated rings. The van der Waals surface area contributed by atoms with Crippen LogP contribution in [0.2, 0.25) is 5.02 Å². The Balaban J connectivity index is 1.68. The largest absolute Gasteiger partial charge is 0.243 e.